The van der Waals surface area contributed by atoms with Crippen molar-refractivity contribution in [3.8, 4) is 0 Å². The molecule has 3 fully saturated rings. The van der Waals surface area contributed by atoms with E-state index in [1.54, 1.807) is 6.07 Å². The molecule has 7 heterocycles. The van der Waals surface area contributed by atoms with E-state index in [4.69, 9.17) is 15.4 Å². The quantitative estimate of drug-likeness (QED) is 0.164. The lowest BCUT2D eigenvalue weighted by molar-refractivity contribution is 0.140. The summed E-state index contributed by atoms with van der Waals surface area (Å²) in [5.74, 6) is 2.07. The van der Waals surface area contributed by atoms with Crippen LogP contribution >= 0.6 is 0 Å². The number of guanidine groups is 1. The maximum Gasteiger partial charge on any atom is 0.208 e. The first kappa shape index (κ1) is 43.9. The predicted octanol–water partition coefficient (Wildman–Crippen LogP) is 8.85. The Morgan fingerprint density at radius 2 is 1.72 bits per heavy atom. The van der Waals surface area contributed by atoms with Gasteiger partial charge in [0.05, 0.1) is 40.2 Å². The Morgan fingerprint density at radius 1 is 0.938 bits per heavy atom. The molecule has 6 aliphatic heterocycles. The van der Waals surface area contributed by atoms with Crippen LogP contribution in [0.2, 0.25) is 0 Å². The zero-order valence-corrected chi connectivity index (χ0v) is 38.7. The summed E-state index contributed by atoms with van der Waals surface area (Å²) in [6, 6.07) is 14.2. The molecule has 12 nitrogen and oxygen atoms in total. The number of aliphatic imine (C=N–C) groups is 1. The molecule has 1 unspecified atom stereocenters. The molecule has 0 spiro atoms. The van der Waals surface area contributed by atoms with Crippen molar-refractivity contribution in [2.24, 2.45) is 16.8 Å². The summed E-state index contributed by atoms with van der Waals surface area (Å²) in [7, 11) is 3.91. The number of benzene rings is 2. The third-order valence-corrected chi connectivity index (χ3v) is 14.3. The summed E-state index contributed by atoms with van der Waals surface area (Å²) >= 11 is 0. The number of piperazine rings is 1. The van der Waals surface area contributed by atoms with Crippen molar-refractivity contribution < 1.29 is 4.39 Å². The van der Waals surface area contributed by atoms with Gasteiger partial charge in [0.15, 0.2) is 0 Å². The van der Waals surface area contributed by atoms with Crippen molar-refractivity contribution in [3.05, 3.63) is 132 Å². The van der Waals surface area contributed by atoms with Gasteiger partial charge in [0.1, 0.15) is 17.3 Å². The Labute approximate surface area is 384 Å². The van der Waals surface area contributed by atoms with Gasteiger partial charge in [0.25, 0.3) is 0 Å². The maximum atomic E-state index is 15.7. The third kappa shape index (κ3) is 8.42. The van der Waals surface area contributed by atoms with Gasteiger partial charge in [0.2, 0.25) is 5.96 Å². The second-order valence-corrected chi connectivity index (χ2v) is 18.8. The van der Waals surface area contributed by atoms with Crippen LogP contribution < -0.4 is 35.6 Å². The van der Waals surface area contributed by atoms with Crippen molar-refractivity contribution >= 4 is 51.9 Å². The number of allylic oxidation sites excluding steroid dienone is 3. The van der Waals surface area contributed by atoms with Crippen LogP contribution in [0.4, 0.5) is 32.8 Å². The second kappa shape index (κ2) is 17.9. The number of pyridine rings is 1. The fourth-order valence-electron chi connectivity index (χ4n) is 10.5. The Bertz CT molecular complexity index is 2520. The van der Waals surface area contributed by atoms with E-state index in [9.17, 15) is 0 Å². The molecule has 0 radical (unpaired) electrons. The normalized spacial score (nSPS) is 24.0. The average molecular weight is 877 g/mol. The van der Waals surface area contributed by atoms with Gasteiger partial charge in [0, 0.05) is 118 Å². The Balaban J connectivity index is 0.843. The smallest absolute Gasteiger partial charge is 0.208 e. The molecule has 3 aromatic rings. The molecule has 3 saturated heterocycles. The fraction of sp³-hybridized carbons (Fsp3) is 0.404. The lowest BCUT2D eigenvalue weighted by Crippen LogP contribution is -2.53. The number of fused-ring (bicyclic) bond motifs is 6. The van der Waals surface area contributed by atoms with Crippen LogP contribution in [-0.2, 0) is 6.54 Å². The molecule has 2 atom stereocenters. The number of nitrogens with zero attached hydrogens (tertiary/aromatic N) is 8. The van der Waals surface area contributed by atoms with E-state index >= 15 is 4.39 Å². The number of piperidine rings is 1. The van der Waals surface area contributed by atoms with Gasteiger partial charge in [-0.25, -0.2) is 9.38 Å². The first-order valence-corrected chi connectivity index (χ1v) is 23.3. The summed E-state index contributed by atoms with van der Waals surface area (Å²) in [4.78, 5) is 23.7. The van der Waals surface area contributed by atoms with E-state index in [2.05, 4.69) is 93.6 Å². The van der Waals surface area contributed by atoms with Gasteiger partial charge >= 0.3 is 0 Å². The second-order valence-electron chi connectivity index (χ2n) is 18.8. The number of anilines is 5. The van der Waals surface area contributed by atoms with E-state index in [1.165, 1.54) is 17.5 Å². The molecule has 4 N–H and O–H groups in total. The molecule has 1 aromatic heterocycles. The number of rotatable bonds is 8. The minimum atomic E-state index is -0.248. The number of aryl methyl sites for hydroxylation is 1. The molecule has 0 saturated carbocycles. The molecule has 0 amide bonds. The van der Waals surface area contributed by atoms with Crippen molar-refractivity contribution in [1.82, 2.24) is 25.4 Å². The Hall–Kier alpha value is -6.34. The van der Waals surface area contributed by atoms with Crippen LogP contribution in [0.25, 0.3) is 11.3 Å². The highest BCUT2D eigenvalue weighted by atomic mass is 19.1. The molecule has 0 aliphatic carbocycles. The highest BCUT2D eigenvalue weighted by Gasteiger charge is 2.42. The summed E-state index contributed by atoms with van der Waals surface area (Å²) < 4.78 is 15.7. The molecule has 6 aliphatic rings. The SMILES string of the molecule is C=C1CCC(N2C(=C)N(C)c3c(N4CC(C(=C)N5CCN(Cc6ccc7c(c6)N6C[C@H](C)CCCC/C(NC)=C(/C=N)c8cc(cc(C)n8)C(=C)/N=C/6N7)CC5)C4)ccc(F)c32)C(=C)N1. The van der Waals surface area contributed by atoms with Gasteiger partial charge in [-0.15, -0.1) is 0 Å². The van der Waals surface area contributed by atoms with Crippen LogP contribution in [0.15, 0.2) is 109 Å². The van der Waals surface area contributed by atoms with Crippen molar-refractivity contribution in [2.75, 3.05) is 84.8 Å². The zero-order chi connectivity index (χ0) is 45.7. The van der Waals surface area contributed by atoms with Gasteiger partial charge in [-0.3, -0.25) is 9.88 Å². The summed E-state index contributed by atoms with van der Waals surface area (Å²) in [6.07, 6.45) is 7.09. The number of nitrogens with one attached hydrogen (secondary N) is 4. The molecule has 9 rings (SSSR count). The van der Waals surface area contributed by atoms with Gasteiger partial charge in [-0.2, -0.15) is 0 Å². The number of halogens is 1. The predicted molar refractivity (Wildman–Crippen MR) is 268 cm³/mol. The minimum absolute atomic E-state index is 0.102. The summed E-state index contributed by atoms with van der Waals surface area (Å²) in [6.45, 7) is 33.3. The highest BCUT2D eigenvalue weighted by Crippen LogP contribution is 2.51. The maximum absolute atomic E-state index is 15.7. The van der Waals surface area contributed by atoms with Crippen molar-refractivity contribution in [2.45, 2.75) is 65.0 Å². The standard InChI is InChI=1S/C52H65FN12/c1-32-12-10-11-13-44(55-8)42(27-54)46-26-40(24-34(3)57-46)35(4)58-52-59-45-17-15-39(25-49(45)64(52)28-32)29-61-20-22-62(23-21-61)37(6)41-30-63(31-41)48-19-16-43(53)50-51(48)60(9)38(7)65(50)47-18-14-33(2)56-36(47)5/h15-17,19,24-27,32,41,47,54-56H,2,4-7,10-14,18,20-23,28-31H2,1,3,8-9H3,(H,58,59)/b44-42+,54-27?/t32-,47?/m1/s1. The van der Waals surface area contributed by atoms with Gasteiger partial charge in [-0.05, 0) is 86.9 Å². The number of hydrogen-bond acceptors (Lipinski definition) is 12. The molecule has 2 bridgehead atoms. The Kier molecular flexibility index (Phi) is 12.1. The minimum Gasteiger partial charge on any atom is -0.391 e. The number of hydrogen-bond donors (Lipinski definition) is 4. The first-order valence-electron chi connectivity index (χ1n) is 23.3. The molecular formula is C52H65FN12. The topological polar surface area (TPSA) is 105 Å². The average Bonchev–Trinajstić information content (AvgIpc) is 3.73. The van der Waals surface area contributed by atoms with E-state index in [0.717, 1.165) is 165 Å². The molecule has 65 heavy (non-hydrogen) atoms. The van der Waals surface area contributed by atoms with Crippen LogP contribution in [-0.4, -0.2) is 92.9 Å². The third-order valence-electron chi connectivity index (χ3n) is 14.3. The zero-order valence-electron chi connectivity index (χ0n) is 38.7. The van der Waals surface area contributed by atoms with Crippen molar-refractivity contribution in [3.63, 3.8) is 0 Å². The van der Waals surface area contributed by atoms with Gasteiger partial charge < -0.3 is 45.9 Å². The molecule has 2 aromatic carbocycles. The van der Waals surface area contributed by atoms with E-state index in [1.807, 2.05) is 49.0 Å². The Morgan fingerprint density at radius 3 is 2.46 bits per heavy atom. The van der Waals surface area contributed by atoms with Crippen LogP contribution in [0.1, 0.15) is 68.0 Å². The lowest BCUT2D eigenvalue weighted by atomic mass is 9.94. The largest absolute Gasteiger partial charge is 0.391 e. The van der Waals surface area contributed by atoms with Crippen LogP contribution in [0.3, 0.4) is 0 Å². The van der Waals surface area contributed by atoms with Crippen LogP contribution in [0.5, 0.6) is 0 Å². The van der Waals surface area contributed by atoms with Crippen molar-refractivity contribution in [1.29, 1.82) is 5.41 Å². The van der Waals surface area contributed by atoms with E-state index in [-0.39, 0.29) is 11.9 Å². The molecular weight excluding hydrogens is 812 g/mol. The lowest BCUT2D eigenvalue weighted by Gasteiger charge is -2.47. The van der Waals surface area contributed by atoms with Crippen LogP contribution in [0, 0.1) is 30.0 Å². The fourth-order valence-corrected chi connectivity index (χ4v) is 10.5. The number of aromatic nitrogens is 1. The monoisotopic (exact) mass is 877 g/mol. The first-order chi connectivity index (χ1) is 31.3. The highest BCUT2D eigenvalue weighted by molar-refractivity contribution is 6.16. The molecule has 13 heteroatoms. The van der Waals surface area contributed by atoms with E-state index in [0.29, 0.717) is 23.2 Å². The summed E-state index contributed by atoms with van der Waals surface area (Å²) in [5.41, 5.74) is 13.9. The van der Waals surface area contributed by atoms with Gasteiger partial charge in [-0.1, -0.05) is 52.3 Å². The van der Waals surface area contributed by atoms with E-state index < -0.39 is 0 Å². The summed E-state index contributed by atoms with van der Waals surface area (Å²) in [5, 5.41) is 18.6. The molecule has 340 valence electrons.